The summed E-state index contributed by atoms with van der Waals surface area (Å²) < 4.78 is 0. The Labute approximate surface area is 148 Å². The van der Waals surface area contributed by atoms with Crippen LogP contribution in [0.5, 0.6) is 0 Å². The van der Waals surface area contributed by atoms with Gasteiger partial charge in [-0.15, -0.1) is 24.0 Å². The van der Waals surface area contributed by atoms with Crippen molar-refractivity contribution in [2.24, 2.45) is 10.7 Å². The third kappa shape index (κ3) is 5.59. The molecule has 0 bridgehead atoms. The maximum Gasteiger partial charge on any atom is 0.193 e. The van der Waals surface area contributed by atoms with Gasteiger partial charge in [-0.1, -0.05) is 6.07 Å². The molecule has 0 spiro atoms. The molecule has 0 aliphatic carbocycles. The number of benzene rings is 1. The average Bonchev–Trinajstić information content (AvgIpc) is 2.34. The highest BCUT2D eigenvalue weighted by molar-refractivity contribution is 14.0. The predicted molar refractivity (Wildman–Crippen MR) is 102 cm³/mol. The van der Waals surface area contributed by atoms with Crippen LogP contribution in [0.3, 0.4) is 0 Å². The molecule has 0 amide bonds. The van der Waals surface area contributed by atoms with Crippen LogP contribution >= 0.6 is 24.0 Å². The molecule has 1 aromatic carbocycles. The number of hydrogen-bond donors (Lipinski definition) is 2. The summed E-state index contributed by atoms with van der Waals surface area (Å²) in [6, 6.07) is 8.11. The number of aryl methyl sites for hydroxylation is 4. The molecule has 0 unspecified atom stereocenters. The summed E-state index contributed by atoms with van der Waals surface area (Å²) in [6.07, 6.45) is 0. The van der Waals surface area contributed by atoms with Crippen LogP contribution in [0.1, 0.15) is 28.3 Å². The molecule has 0 aliphatic rings. The third-order valence-corrected chi connectivity index (χ3v) is 2.92. The van der Waals surface area contributed by atoms with Crippen LogP contribution in [-0.2, 0) is 6.54 Å². The van der Waals surface area contributed by atoms with Crippen LogP contribution in [-0.4, -0.2) is 15.9 Å². The van der Waals surface area contributed by atoms with E-state index in [0.717, 1.165) is 22.9 Å². The molecule has 118 valence electrons. The molecule has 1 aromatic heterocycles. The van der Waals surface area contributed by atoms with Crippen molar-refractivity contribution in [3.05, 3.63) is 52.6 Å². The first-order valence-electron chi connectivity index (χ1n) is 6.89. The van der Waals surface area contributed by atoms with Crippen molar-refractivity contribution in [3.63, 3.8) is 0 Å². The Bertz CT molecular complexity index is 642. The number of nitrogens with zero attached hydrogens (tertiary/aromatic N) is 3. The largest absolute Gasteiger partial charge is 0.370 e. The van der Waals surface area contributed by atoms with Gasteiger partial charge < -0.3 is 11.1 Å². The fourth-order valence-electron chi connectivity index (χ4n) is 2.28. The lowest BCUT2D eigenvalue weighted by molar-refractivity contribution is 0.906. The quantitative estimate of drug-likeness (QED) is 0.462. The topological polar surface area (TPSA) is 76.2 Å². The molecule has 0 saturated carbocycles. The lowest BCUT2D eigenvalue weighted by Crippen LogP contribution is -2.22. The zero-order valence-electron chi connectivity index (χ0n) is 13.3. The molecule has 6 heteroatoms. The van der Waals surface area contributed by atoms with E-state index in [1.807, 2.05) is 32.0 Å². The van der Waals surface area contributed by atoms with Gasteiger partial charge in [-0.05, 0) is 57.0 Å². The molecule has 0 aliphatic heterocycles. The molecular weight excluding hydrogens is 389 g/mol. The number of halogens is 1. The van der Waals surface area contributed by atoms with E-state index in [1.54, 1.807) is 0 Å². The summed E-state index contributed by atoms with van der Waals surface area (Å²) >= 11 is 0. The summed E-state index contributed by atoms with van der Waals surface area (Å²) in [4.78, 5) is 12.9. The monoisotopic (exact) mass is 411 g/mol. The number of aliphatic imine (C=N–C) groups is 1. The highest BCUT2D eigenvalue weighted by atomic mass is 127. The van der Waals surface area contributed by atoms with E-state index >= 15 is 0 Å². The Hall–Kier alpha value is -1.70. The minimum absolute atomic E-state index is 0. The first-order chi connectivity index (χ1) is 9.92. The molecule has 22 heavy (non-hydrogen) atoms. The van der Waals surface area contributed by atoms with Gasteiger partial charge in [0.1, 0.15) is 5.82 Å². The number of guanidine groups is 1. The fourth-order valence-corrected chi connectivity index (χ4v) is 2.28. The SMILES string of the molecule is Cc1cc(C)cc(NC(N)=NCc2cc(C)nc(C)n2)c1.I. The average molecular weight is 411 g/mol. The van der Waals surface area contributed by atoms with E-state index in [4.69, 9.17) is 5.73 Å². The lowest BCUT2D eigenvalue weighted by atomic mass is 10.1. The third-order valence-electron chi connectivity index (χ3n) is 2.92. The molecule has 0 fully saturated rings. The van der Waals surface area contributed by atoms with Crippen molar-refractivity contribution >= 4 is 35.6 Å². The van der Waals surface area contributed by atoms with Gasteiger partial charge in [0.2, 0.25) is 0 Å². The normalized spacial score (nSPS) is 11.0. The van der Waals surface area contributed by atoms with E-state index in [1.165, 1.54) is 11.1 Å². The molecule has 0 saturated heterocycles. The standard InChI is InChI=1S/C16H21N5.HI/c1-10-5-11(2)7-14(6-10)21-16(17)18-9-15-8-12(3)19-13(4)20-15;/h5-8H,9H2,1-4H3,(H3,17,18,21);1H. The maximum atomic E-state index is 5.93. The van der Waals surface area contributed by atoms with Gasteiger partial charge in [-0.3, -0.25) is 0 Å². The highest BCUT2D eigenvalue weighted by Gasteiger charge is 2.00. The van der Waals surface area contributed by atoms with E-state index in [9.17, 15) is 0 Å². The van der Waals surface area contributed by atoms with Gasteiger partial charge in [-0.2, -0.15) is 0 Å². The van der Waals surface area contributed by atoms with Gasteiger partial charge in [0.25, 0.3) is 0 Å². The number of rotatable bonds is 3. The number of nitrogens with two attached hydrogens (primary N) is 1. The molecule has 2 rings (SSSR count). The van der Waals surface area contributed by atoms with Crippen molar-refractivity contribution in [2.75, 3.05) is 5.32 Å². The van der Waals surface area contributed by atoms with Crippen molar-refractivity contribution < 1.29 is 0 Å². The number of hydrogen-bond acceptors (Lipinski definition) is 3. The first-order valence-corrected chi connectivity index (χ1v) is 6.89. The fraction of sp³-hybridized carbons (Fsp3) is 0.312. The van der Waals surface area contributed by atoms with Gasteiger partial charge in [-0.25, -0.2) is 15.0 Å². The summed E-state index contributed by atoms with van der Waals surface area (Å²) in [5.74, 6) is 1.13. The maximum absolute atomic E-state index is 5.93. The molecular formula is C16H22IN5. The van der Waals surface area contributed by atoms with E-state index in [2.05, 4.69) is 40.2 Å². The Morgan fingerprint density at radius 3 is 2.27 bits per heavy atom. The number of nitrogens with one attached hydrogen (secondary N) is 1. The highest BCUT2D eigenvalue weighted by Crippen LogP contribution is 2.13. The van der Waals surface area contributed by atoms with Crippen LogP contribution in [0.15, 0.2) is 29.3 Å². The Kier molecular flexibility index (Phi) is 6.73. The summed E-state index contributed by atoms with van der Waals surface area (Å²) in [7, 11) is 0. The van der Waals surface area contributed by atoms with Gasteiger partial charge >= 0.3 is 0 Å². The van der Waals surface area contributed by atoms with E-state index in [-0.39, 0.29) is 24.0 Å². The van der Waals surface area contributed by atoms with E-state index in [0.29, 0.717) is 12.5 Å². The van der Waals surface area contributed by atoms with E-state index < -0.39 is 0 Å². The molecule has 2 aromatic rings. The first kappa shape index (κ1) is 18.3. The van der Waals surface area contributed by atoms with Crippen LogP contribution < -0.4 is 11.1 Å². The molecule has 0 atom stereocenters. The zero-order chi connectivity index (χ0) is 15.4. The second-order valence-corrected chi connectivity index (χ2v) is 5.25. The lowest BCUT2D eigenvalue weighted by Gasteiger charge is -2.08. The smallest absolute Gasteiger partial charge is 0.193 e. The minimum atomic E-state index is 0. The second-order valence-electron chi connectivity index (χ2n) is 5.25. The zero-order valence-corrected chi connectivity index (χ0v) is 15.7. The Morgan fingerprint density at radius 2 is 1.68 bits per heavy atom. The van der Waals surface area contributed by atoms with Crippen molar-refractivity contribution in [1.29, 1.82) is 0 Å². The molecule has 1 heterocycles. The van der Waals surface area contributed by atoms with Gasteiger partial charge in [0.05, 0.1) is 12.2 Å². The van der Waals surface area contributed by atoms with Crippen LogP contribution in [0.25, 0.3) is 0 Å². The van der Waals surface area contributed by atoms with Crippen LogP contribution in [0, 0.1) is 27.7 Å². The molecule has 5 nitrogen and oxygen atoms in total. The molecule has 3 N–H and O–H groups in total. The van der Waals surface area contributed by atoms with Crippen molar-refractivity contribution in [2.45, 2.75) is 34.2 Å². The van der Waals surface area contributed by atoms with Gasteiger partial charge in [0.15, 0.2) is 5.96 Å². The summed E-state index contributed by atoms with van der Waals surface area (Å²) in [5, 5.41) is 3.11. The molecule has 0 radical (unpaired) electrons. The van der Waals surface area contributed by atoms with Crippen LogP contribution in [0.4, 0.5) is 5.69 Å². The Balaban J connectivity index is 0.00000242. The minimum Gasteiger partial charge on any atom is -0.370 e. The number of anilines is 1. The van der Waals surface area contributed by atoms with Crippen molar-refractivity contribution in [1.82, 2.24) is 9.97 Å². The van der Waals surface area contributed by atoms with Crippen molar-refractivity contribution in [3.8, 4) is 0 Å². The predicted octanol–water partition coefficient (Wildman–Crippen LogP) is 3.26. The van der Waals surface area contributed by atoms with Crippen LogP contribution in [0.2, 0.25) is 0 Å². The summed E-state index contributed by atoms with van der Waals surface area (Å²) in [6.45, 7) is 8.36. The Morgan fingerprint density at radius 1 is 1.05 bits per heavy atom. The second kappa shape index (κ2) is 8.07. The van der Waals surface area contributed by atoms with Gasteiger partial charge in [0, 0.05) is 11.4 Å². The summed E-state index contributed by atoms with van der Waals surface area (Å²) in [5.41, 5.74) is 11.1. The number of aromatic nitrogens is 2.